The predicted octanol–water partition coefficient (Wildman–Crippen LogP) is 4.80. The van der Waals surface area contributed by atoms with Crippen LogP contribution in [0.1, 0.15) is 45.9 Å². The number of anilines is 3. The normalized spacial score (nSPS) is 12.6. The summed E-state index contributed by atoms with van der Waals surface area (Å²) in [6.07, 6.45) is 1.58. The number of nitrogens with one attached hydrogen (secondary N) is 3. The van der Waals surface area contributed by atoms with Gasteiger partial charge in [-0.25, -0.2) is 14.2 Å². The Hall–Kier alpha value is -4.32. The first kappa shape index (κ1) is 28.7. The molecule has 11 nitrogen and oxygen atoms in total. The number of hydrogen-bond donors (Lipinski definition) is 4. The number of aryl methyl sites for hydroxylation is 2. The Kier molecular flexibility index (Phi) is 7.92. The van der Waals surface area contributed by atoms with Gasteiger partial charge in [0, 0.05) is 35.7 Å². The number of aromatic nitrogens is 4. The van der Waals surface area contributed by atoms with Crippen molar-refractivity contribution in [3.8, 4) is 11.1 Å². The summed E-state index contributed by atoms with van der Waals surface area (Å²) in [5.74, 6) is -0.117. The van der Waals surface area contributed by atoms with Crippen molar-refractivity contribution < 1.29 is 18.8 Å². The molecule has 0 saturated heterocycles. The number of hydrogen-bond acceptors (Lipinski definition) is 8. The highest BCUT2D eigenvalue weighted by molar-refractivity contribution is 5.99. The van der Waals surface area contributed by atoms with E-state index in [0.29, 0.717) is 39.4 Å². The van der Waals surface area contributed by atoms with Crippen molar-refractivity contribution in [3.63, 3.8) is 0 Å². The van der Waals surface area contributed by atoms with E-state index in [2.05, 4.69) is 31.1 Å². The van der Waals surface area contributed by atoms with Crippen LogP contribution < -0.4 is 21.5 Å². The summed E-state index contributed by atoms with van der Waals surface area (Å²) in [6.45, 7) is 11.4. The van der Waals surface area contributed by atoms with E-state index in [1.54, 1.807) is 32.3 Å². The van der Waals surface area contributed by atoms with Crippen molar-refractivity contribution in [1.29, 1.82) is 0 Å². The van der Waals surface area contributed by atoms with Gasteiger partial charge in [0.15, 0.2) is 0 Å². The van der Waals surface area contributed by atoms with Crippen LogP contribution in [0.15, 0.2) is 39.8 Å². The van der Waals surface area contributed by atoms with E-state index in [4.69, 9.17) is 4.52 Å². The molecule has 40 heavy (non-hydrogen) atoms. The zero-order chi connectivity index (χ0) is 29.4. The second-order valence-electron chi connectivity index (χ2n) is 11.1. The van der Waals surface area contributed by atoms with E-state index in [-0.39, 0.29) is 41.1 Å². The van der Waals surface area contributed by atoms with Gasteiger partial charge in [-0.05, 0) is 42.2 Å². The van der Waals surface area contributed by atoms with Crippen LogP contribution in [0.5, 0.6) is 0 Å². The van der Waals surface area contributed by atoms with Crippen LogP contribution in [-0.4, -0.2) is 43.5 Å². The molecule has 4 aromatic rings. The lowest BCUT2D eigenvalue weighted by Gasteiger charge is -2.20. The number of fused-ring (bicyclic) bond motifs is 1. The molecule has 0 aliphatic heterocycles. The van der Waals surface area contributed by atoms with E-state index in [0.717, 1.165) is 0 Å². The van der Waals surface area contributed by atoms with E-state index < -0.39 is 11.8 Å². The average Bonchev–Trinajstić information content (AvgIpc) is 3.35. The first-order chi connectivity index (χ1) is 18.8. The molecule has 4 N–H and O–H groups in total. The van der Waals surface area contributed by atoms with Crippen LogP contribution in [0.2, 0.25) is 0 Å². The van der Waals surface area contributed by atoms with Crippen molar-refractivity contribution in [2.45, 2.75) is 53.0 Å². The smallest absolute Gasteiger partial charge is 0.326 e. The van der Waals surface area contributed by atoms with Crippen LogP contribution in [0.3, 0.4) is 0 Å². The first-order valence-corrected chi connectivity index (χ1v) is 12.9. The SMILES string of the molecule is Cc1cc(F)c(NC(=O)Nc2cc(C(C)(C)C)no2)cc1-c1cc2cnc(NC(CO)C(C)C)nc2n(C)c1=O. The zero-order valence-corrected chi connectivity index (χ0v) is 23.6. The largest absolute Gasteiger partial charge is 0.394 e. The second-order valence-corrected chi connectivity index (χ2v) is 11.1. The molecule has 2 amide bonds. The summed E-state index contributed by atoms with van der Waals surface area (Å²) in [5, 5.41) is 22.2. The summed E-state index contributed by atoms with van der Waals surface area (Å²) in [5.41, 5.74) is 1.54. The number of pyridine rings is 1. The fourth-order valence-electron chi connectivity index (χ4n) is 4.11. The summed E-state index contributed by atoms with van der Waals surface area (Å²) >= 11 is 0. The van der Waals surface area contributed by atoms with Gasteiger partial charge in [0.2, 0.25) is 11.8 Å². The molecular formula is C28H34FN7O4. The van der Waals surface area contributed by atoms with Gasteiger partial charge in [0.1, 0.15) is 11.5 Å². The van der Waals surface area contributed by atoms with Crippen LogP contribution in [0.25, 0.3) is 22.2 Å². The van der Waals surface area contributed by atoms with Gasteiger partial charge in [-0.1, -0.05) is 39.8 Å². The lowest BCUT2D eigenvalue weighted by atomic mass is 9.92. The maximum atomic E-state index is 14.9. The lowest BCUT2D eigenvalue weighted by molar-refractivity contribution is 0.248. The van der Waals surface area contributed by atoms with Crippen LogP contribution in [-0.2, 0) is 12.5 Å². The molecule has 12 heteroatoms. The standard InChI is InChI=1S/C28H34FN7O4/c1-14(2)21(13-37)31-26-30-12-16-9-18(25(38)36(7)24(16)34-26)17-10-20(19(29)8-15(17)3)32-27(39)33-23-11-22(35-40-23)28(4,5)6/h8-12,14,21,37H,13H2,1-7H3,(H,30,31,34)(H2,32,33,39). The molecule has 3 heterocycles. The van der Waals surface area contributed by atoms with Gasteiger partial charge >= 0.3 is 6.03 Å². The zero-order valence-electron chi connectivity index (χ0n) is 23.6. The first-order valence-electron chi connectivity index (χ1n) is 12.9. The number of urea groups is 1. The molecule has 0 radical (unpaired) electrons. The minimum atomic E-state index is -0.729. The Bertz CT molecular complexity index is 1620. The number of rotatable bonds is 7. The van der Waals surface area contributed by atoms with Crippen molar-refractivity contribution in [1.82, 2.24) is 19.7 Å². The number of amides is 2. The highest BCUT2D eigenvalue weighted by atomic mass is 19.1. The number of nitrogens with zero attached hydrogens (tertiary/aromatic N) is 4. The Balaban J connectivity index is 1.65. The van der Waals surface area contributed by atoms with Crippen molar-refractivity contribution in [2.24, 2.45) is 13.0 Å². The molecule has 0 saturated carbocycles. The van der Waals surface area contributed by atoms with Crippen molar-refractivity contribution >= 4 is 34.6 Å². The minimum absolute atomic E-state index is 0.0917. The Labute approximate surface area is 230 Å². The van der Waals surface area contributed by atoms with Gasteiger partial charge < -0.3 is 20.3 Å². The third kappa shape index (κ3) is 5.96. The molecule has 0 aliphatic carbocycles. The van der Waals surface area contributed by atoms with Gasteiger partial charge in [-0.2, -0.15) is 4.98 Å². The maximum absolute atomic E-state index is 14.9. The van der Waals surface area contributed by atoms with Crippen molar-refractivity contribution in [2.75, 3.05) is 22.6 Å². The Morgan fingerprint density at radius 2 is 1.88 bits per heavy atom. The molecule has 0 fully saturated rings. The Morgan fingerprint density at radius 1 is 1.15 bits per heavy atom. The number of halogens is 1. The molecule has 0 bridgehead atoms. The number of carbonyl (C=O) groups is 1. The summed E-state index contributed by atoms with van der Waals surface area (Å²) in [4.78, 5) is 34.8. The van der Waals surface area contributed by atoms with Crippen molar-refractivity contribution in [3.05, 3.63) is 57.9 Å². The van der Waals surface area contributed by atoms with Crippen LogP contribution in [0, 0.1) is 18.7 Å². The predicted molar refractivity (Wildman–Crippen MR) is 152 cm³/mol. The van der Waals surface area contributed by atoms with Gasteiger partial charge in [-0.15, -0.1) is 0 Å². The minimum Gasteiger partial charge on any atom is -0.394 e. The van der Waals surface area contributed by atoms with Gasteiger partial charge in [0.25, 0.3) is 5.56 Å². The summed E-state index contributed by atoms with van der Waals surface area (Å²) in [7, 11) is 1.59. The number of benzene rings is 1. The summed E-state index contributed by atoms with van der Waals surface area (Å²) < 4.78 is 21.4. The lowest BCUT2D eigenvalue weighted by Crippen LogP contribution is -2.30. The molecular weight excluding hydrogens is 517 g/mol. The molecule has 4 rings (SSSR count). The number of aliphatic hydroxyl groups is 1. The van der Waals surface area contributed by atoms with E-state index in [9.17, 15) is 19.1 Å². The number of carbonyl (C=O) groups excluding carboxylic acids is 1. The topological polar surface area (TPSA) is 147 Å². The highest BCUT2D eigenvalue weighted by Crippen LogP contribution is 2.29. The molecule has 1 aromatic carbocycles. The monoisotopic (exact) mass is 551 g/mol. The molecule has 1 unspecified atom stereocenters. The fourth-order valence-corrected chi connectivity index (χ4v) is 4.11. The van der Waals surface area contributed by atoms with Crippen LogP contribution >= 0.6 is 0 Å². The van der Waals surface area contributed by atoms with E-state index in [1.165, 1.54) is 16.7 Å². The number of aliphatic hydroxyl groups excluding tert-OH is 1. The highest BCUT2D eigenvalue weighted by Gasteiger charge is 2.21. The fraction of sp³-hybridized carbons (Fsp3) is 0.393. The molecule has 0 aliphatic rings. The van der Waals surface area contributed by atoms with Crippen LogP contribution in [0.4, 0.5) is 26.7 Å². The quantitative estimate of drug-likeness (QED) is 0.256. The molecule has 212 valence electrons. The molecule has 1 atom stereocenters. The van der Waals surface area contributed by atoms with E-state index >= 15 is 0 Å². The third-order valence-corrected chi connectivity index (χ3v) is 6.63. The van der Waals surface area contributed by atoms with E-state index in [1.807, 2.05) is 34.6 Å². The molecule has 0 spiro atoms. The molecule has 3 aromatic heterocycles. The van der Waals surface area contributed by atoms with Gasteiger partial charge in [0.05, 0.1) is 24.0 Å². The summed E-state index contributed by atoms with van der Waals surface area (Å²) in [6, 6.07) is 4.94. The third-order valence-electron chi connectivity index (χ3n) is 6.63. The second kappa shape index (κ2) is 11.0. The van der Waals surface area contributed by atoms with Gasteiger partial charge in [-0.3, -0.25) is 14.7 Å². The average molecular weight is 552 g/mol. The Morgan fingerprint density at radius 3 is 2.50 bits per heavy atom. The maximum Gasteiger partial charge on any atom is 0.326 e.